The lowest BCUT2D eigenvalue weighted by Gasteiger charge is -2.24. The van der Waals surface area contributed by atoms with Gasteiger partial charge in [0.25, 0.3) is 0 Å². The van der Waals surface area contributed by atoms with Gasteiger partial charge in [0.15, 0.2) is 0 Å². The molecule has 0 aliphatic carbocycles. The van der Waals surface area contributed by atoms with Crippen LogP contribution in [0, 0.1) is 0 Å². The molecule has 0 amide bonds. The molecule has 1 N–H and O–H groups in total. The van der Waals surface area contributed by atoms with Crippen molar-refractivity contribution in [3.05, 3.63) is 94.2 Å². The maximum Gasteiger partial charge on any atom is 0.218 e. The molecule has 0 radical (unpaired) electrons. The SMILES string of the molecule is O=S(=O)(Cc1ccccc1)N(Cc1ccccc1)CC(O)c1cccs1. The first-order chi connectivity index (χ1) is 12.5. The number of hydrogen-bond acceptors (Lipinski definition) is 4. The number of benzene rings is 2. The van der Waals surface area contributed by atoms with Crippen molar-refractivity contribution < 1.29 is 13.5 Å². The first-order valence-electron chi connectivity index (χ1n) is 8.32. The van der Waals surface area contributed by atoms with Crippen LogP contribution in [0.25, 0.3) is 0 Å². The van der Waals surface area contributed by atoms with Crippen molar-refractivity contribution in [3.63, 3.8) is 0 Å². The first-order valence-corrected chi connectivity index (χ1v) is 10.8. The average molecular weight is 388 g/mol. The number of aliphatic hydroxyl groups excluding tert-OH is 1. The summed E-state index contributed by atoms with van der Waals surface area (Å²) >= 11 is 1.42. The fraction of sp³-hybridized carbons (Fsp3) is 0.200. The lowest BCUT2D eigenvalue weighted by atomic mass is 10.2. The van der Waals surface area contributed by atoms with E-state index in [2.05, 4.69) is 0 Å². The zero-order valence-electron chi connectivity index (χ0n) is 14.2. The van der Waals surface area contributed by atoms with E-state index in [0.717, 1.165) is 16.0 Å². The van der Waals surface area contributed by atoms with Gasteiger partial charge in [0.1, 0.15) is 6.10 Å². The minimum Gasteiger partial charge on any atom is -0.386 e. The predicted molar refractivity (Wildman–Crippen MR) is 105 cm³/mol. The van der Waals surface area contributed by atoms with E-state index in [4.69, 9.17) is 0 Å². The molecule has 6 heteroatoms. The van der Waals surface area contributed by atoms with Crippen molar-refractivity contribution >= 4 is 21.4 Å². The van der Waals surface area contributed by atoms with Crippen molar-refractivity contribution in [1.29, 1.82) is 0 Å². The average Bonchev–Trinajstić information content (AvgIpc) is 3.17. The van der Waals surface area contributed by atoms with Crippen LogP contribution < -0.4 is 0 Å². The van der Waals surface area contributed by atoms with Gasteiger partial charge in [0.2, 0.25) is 10.0 Å². The van der Waals surface area contributed by atoms with E-state index in [-0.39, 0.29) is 18.8 Å². The van der Waals surface area contributed by atoms with E-state index < -0.39 is 16.1 Å². The summed E-state index contributed by atoms with van der Waals surface area (Å²) in [4.78, 5) is 0.762. The fourth-order valence-electron chi connectivity index (χ4n) is 2.70. The molecule has 26 heavy (non-hydrogen) atoms. The Balaban J connectivity index is 1.83. The molecule has 1 aromatic heterocycles. The number of rotatable bonds is 8. The van der Waals surface area contributed by atoms with Crippen LogP contribution in [0.2, 0.25) is 0 Å². The highest BCUT2D eigenvalue weighted by atomic mass is 32.2. The van der Waals surface area contributed by atoms with Gasteiger partial charge in [-0.15, -0.1) is 11.3 Å². The quantitative estimate of drug-likeness (QED) is 0.639. The molecule has 2 aromatic carbocycles. The normalized spacial score (nSPS) is 13.0. The number of sulfonamides is 1. The van der Waals surface area contributed by atoms with Crippen LogP contribution in [0.15, 0.2) is 78.2 Å². The largest absolute Gasteiger partial charge is 0.386 e. The van der Waals surface area contributed by atoms with Gasteiger partial charge < -0.3 is 5.11 Å². The minimum absolute atomic E-state index is 0.0323. The zero-order chi connectivity index (χ0) is 18.4. The van der Waals surface area contributed by atoms with Crippen molar-refractivity contribution in [3.8, 4) is 0 Å². The Morgan fingerprint density at radius 3 is 2.08 bits per heavy atom. The molecule has 0 aliphatic rings. The second-order valence-electron chi connectivity index (χ2n) is 6.05. The molecular formula is C20H21NO3S2. The van der Waals surface area contributed by atoms with Crippen LogP contribution in [-0.4, -0.2) is 24.4 Å². The van der Waals surface area contributed by atoms with Crippen molar-refractivity contribution in [1.82, 2.24) is 4.31 Å². The van der Waals surface area contributed by atoms with Gasteiger partial charge >= 0.3 is 0 Å². The van der Waals surface area contributed by atoms with E-state index in [1.54, 1.807) is 12.1 Å². The third-order valence-electron chi connectivity index (χ3n) is 4.04. The molecule has 1 unspecified atom stereocenters. The Bertz CT molecular complexity index is 895. The Hall–Kier alpha value is -1.99. The third-order valence-corrected chi connectivity index (χ3v) is 6.77. The van der Waals surface area contributed by atoms with Gasteiger partial charge in [-0.1, -0.05) is 66.7 Å². The summed E-state index contributed by atoms with van der Waals surface area (Å²) in [6, 6.07) is 22.2. The first kappa shape index (κ1) is 18.8. The summed E-state index contributed by atoms with van der Waals surface area (Å²) < 4.78 is 27.4. The van der Waals surface area contributed by atoms with Crippen LogP contribution in [0.1, 0.15) is 22.1 Å². The molecule has 1 heterocycles. The molecule has 0 aliphatic heterocycles. The van der Waals surface area contributed by atoms with Crippen molar-refractivity contribution in [2.24, 2.45) is 0 Å². The maximum absolute atomic E-state index is 13.0. The summed E-state index contributed by atoms with van der Waals surface area (Å²) in [6.07, 6.45) is -0.843. The molecule has 0 spiro atoms. The second kappa shape index (κ2) is 8.60. The van der Waals surface area contributed by atoms with E-state index in [1.807, 2.05) is 66.0 Å². The Morgan fingerprint density at radius 2 is 1.50 bits per heavy atom. The summed E-state index contributed by atoms with van der Waals surface area (Å²) in [5.74, 6) is -0.0855. The zero-order valence-corrected chi connectivity index (χ0v) is 15.9. The molecule has 3 rings (SSSR count). The summed E-state index contributed by atoms with van der Waals surface area (Å²) in [5, 5.41) is 12.4. The van der Waals surface area contributed by atoms with Gasteiger partial charge in [0, 0.05) is 18.0 Å². The molecular weight excluding hydrogens is 366 g/mol. The number of aliphatic hydroxyl groups is 1. The van der Waals surface area contributed by atoms with Gasteiger partial charge in [-0.05, 0) is 22.6 Å². The van der Waals surface area contributed by atoms with Crippen molar-refractivity contribution in [2.45, 2.75) is 18.4 Å². The molecule has 136 valence electrons. The monoisotopic (exact) mass is 387 g/mol. The standard InChI is InChI=1S/C20H21NO3S2/c22-19(20-12-7-13-25-20)15-21(14-17-8-3-1-4-9-17)26(23,24)16-18-10-5-2-6-11-18/h1-13,19,22H,14-16H2. The van der Waals surface area contributed by atoms with Crippen molar-refractivity contribution in [2.75, 3.05) is 6.54 Å². The van der Waals surface area contributed by atoms with Gasteiger partial charge in [0.05, 0.1) is 5.75 Å². The number of hydrogen-bond donors (Lipinski definition) is 1. The maximum atomic E-state index is 13.0. The van der Waals surface area contributed by atoms with Gasteiger partial charge in [-0.3, -0.25) is 0 Å². The van der Waals surface area contributed by atoms with E-state index in [1.165, 1.54) is 15.6 Å². The van der Waals surface area contributed by atoms with Crippen LogP contribution >= 0.6 is 11.3 Å². The highest BCUT2D eigenvalue weighted by Gasteiger charge is 2.26. The molecule has 0 bridgehead atoms. The summed E-state index contributed by atoms with van der Waals surface area (Å²) in [6.45, 7) is 0.267. The fourth-order valence-corrected chi connectivity index (χ4v) is 4.92. The number of thiophene rings is 1. The van der Waals surface area contributed by atoms with Crippen LogP contribution in [0.5, 0.6) is 0 Å². The highest BCUT2D eigenvalue weighted by molar-refractivity contribution is 7.88. The smallest absolute Gasteiger partial charge is 0.218 e. The Labute approximate surface area is 158 Å². The highest BCUT2D eigenvalue weighted by Crippen LogP contribution is 2.23. The van der Waals surface area contributed by atoms with Crippen LogP contribution in [0.3, 0.4) is 0 Å². The second-order valence-corrected chi connectivity index (χ2v) is 9.00. The van der Waals surface area contributed by atoms with E-state index >= 15 is 0 Å². The van der Waals surface area contributed by atoms with E-state index in [9.17, 15) is 13.5 Å². The molecule has 0 saturated heterocycles. The lowest BCUT2D eigenvalue weighted by Crippen LogP contribution is -2.35. The molecule has 3 aromatic rings. The third kappa shape index (κ3) is 5.02. The molecule has 0 saturated carbocycles. The Morgan fingerprint density at radius 1 is 0.885 bits per heavy atom. The minimum atomic E-state index is -3.58. The van der Waals surface area contributed by atoms with Gasteiger partial charge in [-0.25, -0.2) is 8.42 Å². The number of nitrogens with zero attached hydrogens (tertiary/aromatic N) is 1. The molecule has 0 fully saturated rings. The predicted octanol–water partition coefficient (Wildman–Crippen LogP) is 3.81. The molecule has 4 nitrogen and oxygen atoms in total. The molecule has 1 atom stereocenters. The summed E-state index contributed by atoms with van der Waals surface area (Å²) in [5.41, 5.74) is 1.62. The van der Waals surface area contributed by atoms with E-state index in [0.29, 0.717) is 0 Å². The Kier molecular flexibility index (Phi) is 6.21. The van der Waals surface area contributed by atoms with Crippen LogP contribution in [0.4, 0.5) is 0 Å². The lowest BCUT2D eigenvalue weighted by molar-refractivity contribution is 0.149. The topological polar surface area (TPSA) is 57.6 Å². The van der Waals surface area contributed by atoms with Crippen LogP contribution in [-0.2, 0) is 22.3 Å². The summed E-state index contributed by atoms with van der Waals surface area (Å²) in [7, 11) is -3.58. The van der Waals surface area contributed by atoms with Gasteiger partial charge in [-0.2, -0.15) is 4.31 Å².